The first-order valence-corrected chi connectivity index (χ1v) is 8.19. The van der Waals surface area contributed by atoms with E-state index in [4.69, 9.17) is 4.74 Å². The summed E-state index contributed by atoms with van der Waals surface area (Å²) in [4.78, 5) is 12.0. The molecule has 0 spiro atoms. The molecule has 0 aromatic heterocycles. The van der Waals surface area contributed by atoms with E-state index in [0.29, 0.717) is 18.9 Å². The molecule has 116 valence electrons. The second-order valence-electron chi connectivity index (χ2n) is 6.02. The van der Waals surface area contributed by atoms with Gasteiger partial charge >= 0.3 is 5.97 Å². The Labute approximate surface area is 128 Å². The average Bonchev–Trinajstić information content (AvgIpc) is 2.50. The molecule has 2 unspecified atom stereocenters. The Kier molecular flexibility index (Phi) is 6.09. The van der Waals surface area contributed by atoms with E-state index < -0.39 is 0 Å². The van der Waals surface area contributed by atoms with Gasteiger partial charge < -0.3 is 10.1 Å². The van der Waals surface area contributed by atoms with Crippen molar-refractivity contribution >= 4 is 11.7 Å². The highest BCUT2D eigenvalue weighted by Crippen LogP contribution is 2.29. The molecule has 0 radical (unpaired) electrons. The maximum absolute atomic E-state index is 12.0. The fourth-order valence-electron chi connectivity index (χ4n) is 3.00. The molecule has 1 N–H and O–H groups in total. The van der Waals surface area contributed by atoms with Crippen LogP contribution in [0, 0.1) is 12.8 Å². The molecule has 0 heterocycles. The van der Waals surface area contributed by atoms with Crippen molar-refractivity contribution in [2.75, 3.05) is 11.9 Å². The SMILES string of the molecule is CCC1CCCCC1OC(=O)CCNc1ccc(C)cc1. The Balaban J connectivity index is 1.70. The van der Waals surface area contributed by atoms with Gasteiger partial charge in [0.2, 0.25) is 0 Å². The minimum Gasteiger partial charge on any atom is -0.462 e. The van der Waals surface area contributed by atoms with E-state index >= 15 is 0 Å². The van der Waals surface area contributed by atoms with Crippen molar-refractivity contribution in [3.05, 3.63) is 29.8 Å². The van der Waals surface area contributed by atoms with Crippen molar-refractivity contribution in [3.8, 4) is 0 Å². The van der Waals surface area contributed by atoms with Crippen molar-refractivity contribution in [1.82, 2.24) is 0 Å². The molecule has 3 nitrogen and oxygen atoms in total. The zero-order valence-corrected chi connectivity index (χ0v) is 13.2. The first-order valence-electron chi connectivity index (χ1n) is 8.19. The molecule has 2 atom stereocenters. The highest BCUT2D eigenvalue weighted by atomic mass is 16.5. The molecule has 0 bridgehead atoms. The van der Waals surface area contributed by atoms with E-state index in [9.17, 15) is 4.79 Å². The number of anilines is 1. The van der Waals surface area contributed by atoms with Crippen molar-refractivity contribution in [1.29, 1.82) is 0 Å². The summed E-state index contributed by atoms with van der Waals surface area (Å²) in [5, 5.41) is 3.26. The molecule has 0 saturated heterocycles. The standard InChI is InChI=1S/C18H27NO2/c1-3-15-6-4-5-7-17(15)21-18(20)12-13-19-16-10-8-14(2)9-11-16/h8-11,15,17,19H,3-7,12-13H2,1-2H3. The van der Waals surface area contributed by atoms with Gasteiger partial charge in [-0.3, -0.25) is 4.79 Å². The molecule has 1 aromatic rings. The summed E-state index contributed by atoms with van der Waals surface area (Å²) in [6, 6.07) is 8.20. The molecule has 2 rings (SSSR count). The molecule has 21 heavy (non-hydrogen) atoms. The van der Waals surface area contributed by atoms with Crippen LogP contribution in [0.25, 0.3) is 0 Å². The highest BCUT2D eigenvalue weighted by Gasteiger charge is 2.26. The lowest BCUT2D eigenvalue weighted by Crippen LogP contribution is -2.30. The Hall–Kier alpha value is -1.51. The Morgan fingerprint density at radius 1 is 1.24 bits per heavy atom. The summed E-state index contributed by atoms with van der Waals surface area (Å²) in [7, 11) is 0. The molecule has 1 fully saturated rings. The number of benzene rings is 1. The van der Waals surface area contributed by atoms with Gasteiger partial charge in [-0.15, -0.1) is 0 Å². The van der Waals surface area contributed by atoms with Crippen LogP contribution in [0.15, 0.2) is 24.3 Å². The average molecular weight is 289 g/mol. The predicted molar refractivity (Wildman–Crippen MR) is 86.4 cm³/mol. The fourth-order valence-corrected chi connectivity index (χ4v) is 3.00. The number of esters is 1. The molecular formula is C18H27NO2. The van der Waals surface area contributed by atoms with Crippen LogP contribution in [0.2, 0.25) is 0 Å². The van der Waals surface area contributed by atoms with E-state index in [1.807, 2.05) is 12.1 Å². The molecular weight excluding hydrogens is 262 g/mol. The lowest BCUT2D eigenvalue weighted by atomic mass is 9.85. The van der Waals surface area contributed by atoms with Gasteiger partial charge in [0.25, 0.3) is 0 Å². The second-order valence-corrected chi connectivity index (χ2v) is 6.02. The first kappa shape index (κ1) is 15.9. The zero-order valence-electron chi connectivity index (χ0n) is 13.2. The summed E-state index contributed by atoms with van der Waals surface area (Å²) in [6.07, 6.45) is 6.40. The third-order valence-corrected chi connectivity index (χ3v) is 4.36. The number of rotatable bonds is 6. The zero-order chi connectivity index (χ0) is 15.1. The third kappa shape index (κ3) is 5.07. The van der Waals surface area contributed by atoms with Crippen LogP contribution < -0.4 is 5.32 Å². The van der Waals surface area contributed by atoms with Crippen LogP contribution in [0.1, 0.15) is 51.0 Å². The molecule has 1 aliphatic carbocycles. The van der Waals surface area contributed by atoms with E-state index in [0.717, 1.165) is 18.5 Å². The monoisotopic (exact) mass is 289 g/mol. The Morgan fingerprint density at radius 3 is 2.67 bits per heavy atom. The summed E-state index contributed by atoms with van der Waals surface area (Å²) < 4.78 is 5.67. The van der Waals surface area contributed by atoms with Crippen LogP contribution >= 0.6 is 0 Å². The largest absolute Gasteiger partial charge is 0.462 e. The summed E-state index contributed by atoms with van der Waals surface area (Å²) in [5.74, 6) is 0.493. The molecule has 1 saturated carbocycles. The van der Waals surface area contributed by atoms with Crippen LogP contribution in [-0.4, -0.2) is 18.6 Å². The minimum absolute atomic E-state index is 0.0695. The van der Waals surface area contributed by atoms with Gasteiger partial charge in [-0.2, -0.15) is 0 Å². The predicted octanol–water partition coefficient (Wildman–Crippen LogP) is 4.31. The number of hydrogen-bond donors (Lipinski definition) is 1. The highest BCUT2D eigenvalue weighted by molar-refractivity contribution is 5.70. The molecule has 3 heteroatoms. The number of aryl methyl sites for hydroxylation is 1. The van der Waals surface area contributed by atoms with Crippen molar-refractivity contribution in [2.24, 2.45) is 5.92 Å². The minimum atomic E-state index is -0.0695. The number of carbonyl (C=O) groups is 1. The van der Waals surface area contributed by atoms with Gasteiger partial charge in [-0.05, 0) is 50.7 Å². The summed E-state index contributed by atoms with van der Waals surface area (Å²) in [6.45, 7) is 4.89. The Bertz CT molecular complexity index is 441. The van der Waals surface area contributed by atoms with Gasteiger partial charge in [-0.25, -0.2) is 0 Å². The molecule has 1 aromatic carbocycles. The van der Waals surface area contributed by atoms with Crippen LogP contribution in [0.5, 0.6) is 0 Å². The molecule has 1 aliphatic rings. The maximum atomic E-state index is 12.0. The van der Waals surface area contributed by atoms with Crippen LogP contribution in [0.3, 0.4) is 0 Å². The van der Waals surface area contributed by atoms with Gasteiger partial charge in [0.05, 0.1) is 6.42 Å². The smallest absolute Gasteiger partial charge is 0.307 e. The van der Waals surface area contributed by atoms with E-state index in [1.54, 1.807) is 0 Å². The lowest BCUT2D eigenvalue weighted by Gasteiger charge is -2.30. The Morgan fingerprint density at radius 2 is 1.95 bits per heavy atom. The van der Waals surface area contributed by atoms with Crippen LogP contribution in [-0.2, 0) is 9.53 Å². The first-order chi connectivity index (χ1) is 10.2. The van der Waals surface area contributed by atoms with E-state index in [2.05, 4.69) is 31.3 Å². The molecule has 0 aliphatic heterocycles. The van der Waals surface area contributed by atoms with Gasteiger partial charge in [0.15, 0.2) is 0 Å². The van der Waals surface area contributed by atoms with Crippen molar-refractivity contribution in [2.45, 2.75) is 58.5 Å². The normalized spacial score (nSPS) is 21.8. The quantitative estimate of drug-likeness (QED) is 0.793. The molecule has 0 amide bonds. The van der Waals surface area contributed by atoms with Gasteiger partial charge in [0.1, 0.15) is 6.10 Å². The van der Waals surface area contributed by atoms with Gasteiger partial charge in [-0.1, -0.05) is 31.0 Å². The summed E-state index contributed by atoms with van der Waals surface area (Å²) in [5.41, 5.74) is 2.29. The number of nitrogens with one attached hydrogen (secondary N) is 1. The third-order valence-electron chi connectivity index (χ3n) is 4.36. The van der Waals surface area contributed by atoms with Crippen LogP contribution in [0.4, 0.5) is 5.69 Å². The van der Waals surface area contributed by atoms with E-state index in [-0.39, 0.29) is 12.1 Å². The number of ether oxygens (including phenoxy) is 1. The van der Waals surface area contributed by atoms with Crippen molar-refractivity contribution < 1.29 is 9.53 Å². The maximum Gasteiger partial charge on any atom is 0.307 e. The number of hydrogen-bond acceptors (Lipinski definition) is 3. The van der Waals surface area contributed by atoms with Crippen molar-refractivity contribution in [3.63, 3.8) is 0 Å². The lowest BCUT2D eigenvalue weighted by molar-refractivity contribution is -0.153. The summed E-state index contributed by atoms with van der Waals surface area (Å²) >= 11 is 0. The second kappa shape index (κ2) is 8.06. The number of carbonyl (C=O) groups excluding carboxylic acids is 1. The van der Waals surface area contributed by atoms with Gasteiger partial charge in [0, 0.05) is 12.2 Å². The van der Waals surface area contributed by atoms with E-state index in [1.165, 1.54) is 24.8 Å². The fraction of sp³-hybridized carbons (Fsp3) is 0.611. The topological polar surface area (TPSA) is 38.3 Å².